The summed E-state index contributed by atoms with van der Waals surface area (Å²) in [5, 5.41) is 10.1. The van der Waals surface area contributed by atoms with E-state index in [1.54, 1.807) is 0 Å². The van der Waals surface area contributed by atoms with Crippen LogP contribution in [0.3, 0.4) is 0 Å². The first kappa shape index (κ1) is 14.4. The molecule has 4 heteroatoms. The number of halogens is 1. The lowest BCUT2D eigenvalue weighted by Crippen LogP contribution is -2.34. The van der Waals surface area contributed by atoms with E-state index in [-0.39, 0.29) is 0 Å². The number of anilines is 1. The van der Waals surface area contributed by atoms with E-state index >= 15 is 0 Å². The van der Waals surface area contributed by atoms with Gasteiger partial charge in [0.2, 0.25) is 0 Å². The van der Waals surface area contributed by atoms with Crippen molar-refractivity contribution in [3.8, 4) is 6.07 Å². The zero-order valence-corrected chi connectivity index (χ0v) is 13.3. The number of hydrogen-bond donors (Lipinski definition) is 0. The van der Waals surface area contributed by atoms with Crippen LogP contribution in [0.1, 0.15) is 18.1 Å². The van der Waals surface area contributed by atoms with Crippen molar-refractivity contribution < 1.29 is 0 Å². The average Bonchev–Trinajstić information content (AvgIpc) is 2.80. The van der Waals surface area contributed by atoms with Crippen LogP contribution < -0.4 is 4.90 Å². The summed E-state index contributed by atoms with van der Waals surface area (Å²) in [6.07, 6.45) is 0. The first-order chi connectivity index (χ1) is 9.06. The zero-order valence-electron chi connectivity index (χ0n) is 11.7. The molecule has 0 bridgehead atoms. The number of nitrogens with zero attached hydrogens (tertiary/aromatic N) is 3. The van der Waals surface area contributed by atoms with E-state index in [9.17, 15) is 5.26 Å². The Balaban J connectivity index is 2.26. The largest absolute Gasteiger partial charge is 0.369 e. The number of hydrogen-bond acceptors (Lipinski definition) is 3. The highest BCUT2D eigenvalue weighted by molar-refractivity contribution is 9.08. The summed E-state index contributed by atoms with van der Waals surface area (Å²) < 4.78 is 0. The quantitative estimate of drug-likeness (QED) is 0.802. The van der Waals surface area contributed by atoms with Crippen molar-refractivity contribution >= 4 is 21.6 Å². The lowest BCUT2D eigenvalue weighted by Gasteiger charge is -2.23. The number of rotatable bonds is 3. The Morgan fingerprint density at radius 1 is 1.42 bits per heavy atom. The number of nitriles is 1. The van der Waals surface area contributed by atoms with Crippen LogP contribution in [0.2, 0.25) is 0 Å². The standard InChI is InChI=1S/C15H20BrN3/c1-11-9-19(10-15(11)18(2)3)14-5-4-12(7-16)6-13(14)8-17/h4-6,11,15H,7,9-10H2,1-3H3. The molecule has 0 aromatic heterocycles. The van der Waals surface area contributed by atoms with E-state index in [1.807, 2.05) is 6.07 Å². The van der Waals surface area contributed by atoms with Crippen molar-refractivity contribution in [1.82, 2.24) is 4.90 Å². The lowest BCUT2D eigenvalue weighted by atomic mass is 10.1. The van der Waals surface area contributed by atoms with E-state index in [2.05, 4.69) is 65.0 Å². The third kappa shape index (κ3) is 2.93. The van der Waals surface area contributed by atoms with Gasteiger partial charge < -0.3 is 9.80 Å². The molecule has 0 aliphatic carbocycles. The van der Waals surface area contributed by atoms with E-state index in [0.29, 0.717) is 12.0 Å². The van der Waals surface area contributed by atoms with Crippen LogP contribution in [0.15, 0.2) is 18.2 Å². The molecule has 1 aromatic carbocycles. The molecule has 0 radical (unpaired) electrons. The van der Waals surface area contributed by atoms with Crippen LogP contribution in [-0.4, -0.2) is 38.1 Å². The Morgan fingerprint density at radius 2 is 2.16 bits per heavy atom. The fourth-order valence-corrected chi connectivity index (χ4v) is 3.20. The Hall–Kier alpha value is -1.05. The molecule has 1 aliphatic rings. The first-order valence-corrected chi connectivity index (χ1v) is 7.69. The van der Waals surface area contributed by atoms with Gasteiger partial charge >= 0.3 is 0 Å². The van der Waals surface area contributed by atoms with E-state index in [0.717, 1.165) is 35.2 Å². The predicted molar refractivity (Wildman–Crippen MR) is 82.6 cm³/mol. The summed E-state index contributed by atoms with van der Waals surface area (Å²) in [7, 11) is 4.26. The molecule has 3 nitrogen and oxygen atoms in total. The molecule has 1 aliphatic heterocycles. The molecular weight excluding hydrogens is 302 g/mol. The van der Waals surface area contributed by atoms with Gasteiger partial charge in [-0.3, -0.25) is 0 Å². The Labute approximate surface area is 123 Å². The van der Waals surface area contributed by atoms with Gasteiger partial charge in [-0.1, -0.05) is 28.9 Å². The number of benzene rings is 1. The molecule has 0 amide bonds. The van der Waals surface area contributed by atoms with Crippen molar-refractivity contribution in [2.45, 2.75) is 18.3 Å². The topological polar surface area (TPSA) is 30.3 Å². The highest BCUT2D eigenvalue weighted by atomic mass is 79.9. The molecule has 1 fully saturated rings. The minimum atomic E-state index is 0.558. The summed E-state index contributed by atoms with van der Waals surface area (Å²) in [6, 6.07) is 9.05. The first-order valence-electron chi connectivity index (χ1n) is 6.57. The third-order valence-corrected chi connectivity index (χ3v) is 4.56. The van der Waals surface area contributed by atoms with Gasteiger partial charge in [0.05, 0.1) is 11.3 Å². The van der Waals surface area contributed by atoms with Gasteiger partial charge in [0, 0.05) is 24.5 Å². The van der Waals surface area contributed by atoms with Gasteiger partial charge in [-0.2, -0.15) is 5.26 Å². The fraction of sp³-hybridized carbons (Fsp3) is 0.533. The normalized spacial score (nSPS) is 22.8. The van der Waals surface area contributed by atoms with Crippen LogP contribution in [-0.2, 0) is 5.33 Å². The highest BCUT2D eigenvalue weighted by Crippen LogP contribution is 2.29. The Kier molecular flexibility index (Phi) is 4.49. The summed E-state index contributed by atoms with van der Waals surface area (Å²) in [6.45, 7) is 4.30. The fourth-order valence-electron chi connectivity index (χ4n) is 2.85. The van der Waals surface area contributed by atoms with Crippen molar-refractivity contribution in [2.75, 3.05) is 32.1 Å². The second-order valence-electron chi connectivity index (χ2n) is 5.51. The summed E-state index contributed by atoms with van der Waals surface area (Å²) in [5.41, 5.74) is 3.00. The summed E-state index contributed by atoms with van der Waals surface area (Å²) in [4.78, 5) is 4.62. The summed E-state index contributed by atoms with van der Waals surface area (Å²) in [5.74, 6) is 0.623. The van der Waals surface area contributed by atoms with Gasteiger partial charge in [-0.25, -0.2) is 0 Å². The second-order valence-corrected chi connectivity index (χ2v) is 6.07. The van der Waals surface area contributed by atoms with Crippen molar-refractivity contribution in [2.24, 2.45) is 5.92 Å². The maximum Gasteiger partial charge on any atom is 0.101 e. The van der Waals surface area contributed by atoms with Crippen LogP contribution in [0.5, 0.6) is 0 Å². The minimum absolute atomic E-state index is 0.558. The molecule has 0 spiro atoms. The molecule has 2 atom stereocenters. The molecule has 0 saturated carbocycles. The molecule has 102 valence electrons. The Morgan fingerprint density at radius 3 is 2.68 bits per heavy atom. The third-order valence-electron chi connectivity index (χ3n) is 3.91. The monoisotopic (exact) mass is 321 g/mol. The maximum absolute atomic E-state index is 9.34. The predicted octanol–water partition coefficient (Wildman–Crippen LogP) is 2.84. The molecule has 1 heterocycles. The van der Waals surface area contributed by atoms with Crippen LogP contribution >= 0.6 is 15.9 Å². The van der Waals surface area contributed by atoms with Crippen LogP contribution in [0, 0.1) is 17.2 Å². The molecular formula is C15H20BrN3. The van der Waals surface area contributed by atoms with Crippen molar-refractivity contribution in [3.05, 3.63) is 29.3 Å². The van der Waals surface area contributed by atoms with Gasteiger partial charge in [0.1, 0.15) is 6.07 Å². The highest BCUT2D eigenvalue weighted by Gasteiger charge is 2.31. The lowest BCUT2D eigenvalue weighted by molar-refractivity contribution is 0.266. The van der Waals surface area contributed by atoms with Gasteiger partial charge in [0.15, 0.2) is 0 Å². The SMILES string of the molecule is CC1CN(c2ccc(CBr)cc2C#N)CC1N(C)C. The van der Waals surface area contributed by atoms with Crippen molar-refractivity contribution in [1.29, 1.82) is 5.26 Å². The molecule has 1 saturated heterocycles. The average molecular weight is 322 g/mol. The van der Waals surface area contributed by atoms with Crippen LogP contribution in [0.4, 0.5) is 5.69 Å². The maximum atomic E-state index is 9.34. The second kappa shape index (κ2) is 5.94. The van der Waals surface area contributed by atoms with Gasteiger partial charge in [-0.05, 0) is 37.7 Å². The smallest absolute Gasteiger partial charge is 0.101 e. The van der Waals surface area contributed by atoms with E-state index < -0.39 is 0 Å². The van der Waals surface area contributed by atoms with Gasteiger partial charge in [-0.15, -0.1) is 0 Å². The number of likely N-dealkylation sites (N-methyl/N-ethyl adjacent to an activating group) is 1. The van der Waals surface area contributed by atoms with E-state index in [1.165, 1.54) is 0 Å². The molecule has 0 N–H and O–H groups in total. The molecule has 19 heavy (non-hydrogen) atoms. The number of alkyl halides is 1. The molecule has 1 aromatic rings. The minimum Gasteiger partial charge on any atom is -0.369 e. The van der Waals surface area contributed by atoms with Gasteiger partial charge in [0.25, 0.3) is 0 Å². The Bertz CT molecular complexity index is 493. The van der Waals surface area contributed by atoms with Crippen molar-refractivity contribution in [3.63, 3.8) is 0 Å². The zero-order chi connectivity index (χ0) is 14.0. The molecule has 2 rings (SSSR count). The molecule has 2 unspecified atom stereocenters. The summed E-state index contributed by atoms with van der Waals surface area (Å²) >= 11 is 3.44. The van der Waals surface area contributed by atoms with E-state index in [4.69, 9.17) is 0 Å². The van der Waals surface area contributed by atoms with Crippen LogP contribution in [0.25, 0.3) is 0 Å².